The van der Waals surface area contributed by atoms with Gasteiger partial charge in [0.25, 0.3) is 0 Å². The van der Waals surface area contributed by atoms with Crippen LogP contribution in [0.5, 0.6) is 5.75 Å². The summed E-state index contributed by atoms with van der Waals surface area (Å²) >= 11 is 3.55. The summed E-state index contributed by atoms with van der Waals surface area (Å²) in [5.41, 5.74) is 2.74. The van der Waals surface area contributed by atoms with Crippen LogP contribution < -0.4 is 4.74 Å². The van der Waals surface area contributed by atoms with E-state index in [1.165, 1.54) is 11.1 Å². The minimum absolute atomic E-state index is 0.858. The van der Waals surface area contributed by atoms with Crippen LogP contribution in [-0.2, 0) is 12.8 Å². The van der Waals surface area contributed by atoms with Gasteiger partial charge in [-0.1, -0.05) is 13.0 Å². The summed E-state index contributed by atoms with van der Waals surface area (Å²) in [5, 5.41) is 0. The zero-order valence-corrected chi connectivity index (χ0v) is 9.36. The van der Waals surface area contributed by atoms with Crippen molar-refractivity contribution in [3.05, 3.63) is 27.7 Å². The Morgan fingerprint density at radius 3 is 3.08 bits per heavy atom. The van der Waals surface area contributed by atoms with E-state index in [4.69, 9.17) is 4.74 Å². The van der Waals surface area contributed by atoms with Crippen molar-refractivity contribution in [2.24, 2.45) is 0 Å². The highest BCUT2D eigenvalue weighted by Gasteiger charge is 2.13. The number of hydrogen-bond donors (Lipinski definition) is 0. The standard InChI is InChI=1S/C11H13BrO/c1-2-8-6-9-4-3-5-13-11(9)10(12)7-8/h6-7H,2-5H2,1H3. The monoisotopic (exact) mass is 240 g/mol. The fourth-order valence-corrected chi connectivity index (χ4v) is 2.36. The quantitative estimate of drug-likeness (QED) is 0.732. The zero-order chi connectivity index (χ0) is 9.26. The lowest BCUT2D eigenvalue weighted by Crippen LogP contribution is -2.09. The molecule has 0 aromatic heterocycles. The van der Waals surface area contributed by atoms with Gasteiger partial charge >= 0.3 is 0 Å². The molecule has 2 heteroatoms. The SMILES string of the molecule is CCc1cc(Br)c2c(c1)CCCO2. The van der Waals surface area contributed by atoms with Gasteiger partial charge in [0, 0.05) is 0 Å². The summed E-state index contributed by atoms with van der Waals surface area (Å²) in [4.78, 5) is 0. The van der Waals surface area contributed by atoms with Gasteiger partial charge in [-0.05, 0) is 52.4 Å². The summed E-state index contributed by atoms with van der Waals surface area (Å²) in [6.07, 6.45) is 3.39. The molecular formula is C11H13BrO. The Bertz CT molecular complexity index is 320. The lowest BCUT2D eigenvalue weighted by Gasteiger charge is -2.19. The topological polar surface area (TPSA) is 9.23 Å². The number of rotatable bonds is 1. The first-order valence-corrected chi connectivity index (χ1v) is 5.54. The van der Waals surface area contributed by atoms with Gasteiger partial charge in [0.1, 0.15) is 5.75 Å². The smallest absolute Gasteiger partial charge is 0.136 e. The largest absolute Gasteiger partial charge is 0.492 e. The van der Waals surface area contributed by atoms with Gasteiger partial charge in [-0.15, -0.1) is 0 Å². The highest BCUT2D eigenvalue weighted by Crippen LogP contribution is 2.34. The Morgan fingerprint density at radius 2 is 2.31 bits per heavy atom. The molecule has 1 aliphatic heterocycles. The Hall–Kier alpha value is -0.500. The molecule has 1 aromatic carbocycles. The van der Waals surface area contributed by atoms with Gasteiger partial charge < -0.3 is 4.74 Å². The van der Waals surface area contributed by atoms with E-state index in [2.05, 4.69) is 35.0 Å². The molecule has 0 atom stereocenters. The summed E-state index contributed by atoms with van der Waals surface area (Å²) in [6, 6.07) is 4.42. The van der Waals surface area contributed by atoms with E-state index in [-0.39, 0.29) is 0 Å². The second kappa shape index (κ2) is 3.70. The summed E-state index contributed by atoms with van der Waals surface area (Å²) < 4.78 is 6.72. The van der Waals surface area contributed by atoms with Crippen LogP contribution in [0, 0.1) is 0 Å². The number of aryl methyl sites for hydroxylation is 2. The molecule has 1 heterocycles. The van der Waals surface area contributed by atoms with Crippen LogP contribution in [0.2, 0.25) is 0 Å². The van der Waals surface area contributed by atoms with Gasteiger partial charge in [-0.2, -0.15) is 0 Å². The third kappa shape index (κ3) is 1.73. The van der Waals surface area contributed by atoms with Gasteiger partial charge in [-0.25, -0.2) is 0 Å². The highest BCUT2D eigenvalue weighted by atomic mass is 79.9. The molecule has 2 rings (SSSR count). The van der Waals surface area contributed by atoms with E-state index in [1.807, 2.05) is 0 Å². The first-order chi connectivity index (χ1) is 6.31. The Balaban J connectivity index is 2.47. The van der Waals surface area contributed by atoms with Crippen molar-refractivity contribution in [2.75, 3.05) is 6.61 Å². The highest BCUT2D eigenvalue weighted by molar-refractivity contribution is 9.10. The second-order valence-corrected chi connectivity index (χ2v) is 4.23. The molecule has 1 aromatic rings. The van der Waals surface area contributed by atoms with E-state index in [0.29, 0.717) is 0 Å². The van der Waals surface area contributed by atoms with Crippen LogP contribution >= 0.6 is 15.9 Å². The molecule has 0 fully saturated rings. The summed E-state index contributed by atoms with van der Waals surface area (Å²) in [5.74, 6) is 1.06. The van der Waals surface area contributed by atoms with Crippen molar-refractivity contribution < 1.29 is 4.74 Å². The predicted octanol–water partition coefficient (Wildman–Crippen LogP) is 3.34. The minimum atomic E-state index is 0.858. The van der Waals surface area contributed by atoms with E-state index in [9.17, 15) is 0 Å². The van der Waals surface area contributed by atoms with Crippen molar-refractivity contribution in [2.45, 2.75) is 26.2 Å². The number of halogens is 1. The van der Waals surface area contributed by atoms with Crippen LogP contribution in [-0.4, -0.2) is 6.61 Å². The van der Waals surface area contributed by atoms with Gasteiger partial charge in [0.2, 0.25) is 0 Å². The maximum Gasteiger partial charge on any atom is 0.136 e. The number of ether oxygens (including phenoxy) is 1. The lowest BCUT2D eigenvalue weighted by molar-refractivity contribution is 0.286. The minimum Gasteiger partial charge on any atom is -0.492 e. The van der Waals surface area contributed by atoms with E-state index < -0.39 is 0 Å². The Morgan fingerprint density at radius 1 is 1.46 bits per heavy atom. The molecule has 0 saturated carbocycles. The third-order valence-corrected chi connectivity index (χ3v) is 3.01. The van der Waals surface area contributed by atoms with Crippen molar-refractivity contribution in [3.63, 3.8) is 0 Å². The van der Waals surface area contributed by atoms with E-state index in [0.717, 1.165) is 36.1 Å². The van der Waals surface area contributed by atoms with Gasteiger partial charge in [0.05, 0.1) is 11.1 Å². The molecule has 0 saturated heterocycles. The fraction of sp³-hybridized carbons (Fsp3) is 0.455. The fourth-order valence-electron chi connectivity index (χ4n) is 1.70. The molecule has 70 valence electrons. The first-order valence-electron chi connectivity index (χ1n) is 4.75. The van der Waals surface area contributed by atoms with Gasteiger partial charge in [0.15, 0.2) is 0 Å². The molecule has 0 spiro atoms. The average molecular weight is 241 g/mol. The number of hydrogen-bond acceptors (Lipinski definition) is 1. The number of fused-ring (bicyclic) bond motifs is 1. The predicted molar refractivity (Wildman–Crippen MR) is 57.3 cm³/mol. The van der Waals surface area contributed by atoms with Crippen LogP contribution in [0.15, 0.2) is 16.6 Å². The van der Waals surface area contributed by atoms with Crippen molar-refractivity contribution >= 4 is 15.9 Å². The Labute approximate surface area is 87.2 Å². The van der Waals surface area contributed by atoms with Gasteiger partial charge in [-0.3, -0.25) is 0 Å². The Kier molecular flexibility index (Phi) is 2.58. The summed E-state index contributed by atoms with van der Waals surface area (Å²) in [6.45, 7) is 3.04. The van der Waals surface area contributed by atoms with Crippen LogP contribution in [0.3, 0.4) is 0 Å². The normalized spacial score (nSPS) is 14.9. The molecular weight excluding hydrogens is 228 g/mol. The summed E-state index contributed by atoms with van der Waals surface area (Å²) in [7, 11) is 0. The molecule has 0 aliphatic carbocycles. The molecule has 0 radical (unpaired) electrons. The number of benzene rings is 1. The van der Waals surface area contributed by atoms with Crippen molar-refractivity contribution in [3.8, 4) is 5.75 Å². The first kappa shape index (κ1) is 9.07. The molecule has 0 bridgehead atoms. The maximum absolute atomic E-state index is 5.61. The van der Waals surface area contributed by atoms with Crippen LogP contribution in [0.25, 0.3) is 0 Å². The molecule has 1 nitrogen and oxygen atoms in total. The maximum atomic E-state index is 5.61. The molecule has 1 aliphatic rings. The average Bonchev–Trinajstić information content (AvgIpc) is 2.18. The third-order valence-electron chi connectivity index (χ3n) is 2.43. The zero-order valence-electron chi connectivity index (χ0n) is 7.77. The van der Waals surface area contributed by atoms with Crippen LogP contribution in [0.1, 0.15) is 24.5 Å². The van der Waals surface area contributed by atoms with E-state index in [1.54, 1.807) is 0 Å². The van der Waals surface area contributed by atoms with Crippen molar-refractivity contribution in [1.82, 2.24) is 0 Å². The van der Waals surface area contributed by atoms with E-state index >= 15 is 0 Å². The van der Waals surface area contributed by atoms with Crippen LogP contribution in [0.4, 0.5) is 0 Å². The molecule has 0 N–H and O–H groups in total. The lowest BCUT2D eigenvalue weighted by atomic mass is 10.0. The second-order valence-electron chi connectivity index (χ2n) is 3.37. The molecule has 13 heavy (non-hydrogen) atoms. The van der Waals surface area contributed by atoms with Crippen molar-refractivity contribution in [1.29, 1.82) is 0 Å². The molecule has 0 unspecified atom stereocenters. The molecule has 0 amide bonds.